The molecule has 0 radical (unpaired) electrons. The van der Waals surface area contributed by atoms with Crippen LogP contribution in [0.4, 0.5) is 11.6 Å². The molecule has 152 valence electrons. The van der Waals surface area contributed by atoms with Crippen molar-refractivity contribution in [2.24, 2.45) is 0 Å². The van der Waals surface area contributed by atoms with Gasteiger partial charge in [0, 0.05) is 43.3 Å². The van der Waals surface area contributed by atoms with Crippen molar-refractivity contribution in [2.75, 3.05) is 23.7 Å². The molecule has 0 aliphatic carbocycles. The molecule has 5 heterocycles. The Morgan fingerprint density at radius 1 is 1.20 bits per heavy atom. The first-order valence-electron chi connectivity index (χ1n) is 10.3. The number of nitrogens with zero attached hydrogens (tertiary/aromatic N) is 6. The minimum absolute atomic E-state index is 0.255. The van der Waals surface area contributed by atoms with Gasteiger partial charge >= 0.3 is 0 Å². The predicted octanol–water partition coefficient (Wildman–Crippen LogP) is 3.49. The van der Waals surface area contributed by atoms with E-state index in [4.69, 9.17) is 9.97 Å². The van der Waals surface area contributed by atoms with E-state index in [9.17, 15) is 0 Å². The van der Waals surface area contributed by atoms with Gasteiger partial charge in [-0.05, 0) is 49.9 Å². The van der Waals surface area contributed by atoms with Crippen molar-refractivity contribution in [3.63, 3.8) is 0 Å². The lowest BCUT2D eigenvalue weighted by Crippen LogP contribution is -2.09. The van der Waals surface area contributed by atoms with Crippen LogP contribution in [0.1, 0.15) is 31.0 Å². The van der Waals surface area contributed by atoms with Crippen molar-refractivity contribution in [3.05, 3.63) is 54.2 Å². The van der Waals surface area contributed by atoms with Crippen molar-refractivity contribution in [2.45, 2.75) is 32.7 Å². The van der Waals surface area contributed by atoms with Gasteiger partial charge in [-0.25, -0.2) is 19.9 Å². The normalized spacial score (nSPS) is 12.9. The standard InChI is InChI=1S/C22H24N8/c1-14(2)30-13-27-18-21(28-20(29-22(18)30)17-4-3-7-23-12-17)25-8-5-15-10-16-6-9-24-19(16)26-11-15/h3-4,7,10-14H,5-6,8-9H2,1-2H3,(H,24,26)(H,25,28,29). The Balaban J connectivity index is 1.44. The molecule has 0 amide bonds. The first-order chi connectivity index (χ1) is 14.7. The fourth-order valence-electron chi connectivity index (χ4n) is 3.73. The number of fused-ring (bicyclic) bond motifs is 2. The number of hydrogen-bond acceptors (Lipinski definition) is 7. The van der Waals surface area contributed by atoms with Gasteiger partial charge in [0.15, 0.2) is 17.3 Å². The quantitative estimate of drug-likeness (QED) is 0.512. The molecule has 0 unspecified atom stereocenters. The van der Waals surface area contributed by atoms with E-state index in [0.29, 0.717) is 5.82 Å². The Hall–Kier alpha value is -3.55. The molecule has 8 heteroatoms. The van der Waals surface area contributed by atoms with E-state index in [1.54, 1.807) is 12.4 Å². The zero-order valence-electron chi connectivity index (χ0n) is 17.1. The van der Waals surface area contributed by atoms with Crippen LogP contribution in [0.15, 0.2) is 43.1 Å². The van der Waals surface area contributed by atoms with Crippen LogP contribution < -0.4 is 10.6 Å². The van der Waals surface area contributed by atoms with Crippen LogP contribution in [-0.4, -0.2) is 42.6 Å². The molecule has 0 saturated heterocycles. The van der Waals surface area contributed by atoms with Crippen LogP contribution in [0, 0.1) is 0 Å². The number of aromatic nitrogens is 6. The summed E-state index contributed by atoms with van der Waals surface area (Å²) in [5, 5.41) is 6.78. The Kier molecular flexibility index (Phi) is 4.74. The molecule has 1 aliphatic rings. The van der Waals surface area contributed by atoms with Gasteiger partial charge in [-0.1, -0.05) is 6.07 Å². The molecule has 0 bridgehead atoms. The summed E-state index contributed by atoms with van der Waals surface area (Å²) in [7, 11) is 0. The van der Waals surface area contributed by atoms with Crippen LogP contribution in [0.5, 0.6) is 0 Å². The Morgan fingerprint density at radius 2 is 2.13 bits per heavy atom. The minimum atomic E-state index is 0.255. The number of imidazole rings is 1. The number of rotatable bonds is 6. The van der Waals surface area contributed by atoms with E-state index in [0.717, 1.165) is 54.3 Å². The van der Waals surface area contributed by atoms with Crippen molar-refractivity contribution in [1.82, 2.24) is 29.5 Å². The van der Waals surface area contributed by atoms with Crippen LogP contribution in [0.2, 0.25) is 0 Å². The molecule has 0 spiro atoms. The van der Waals surface area contributed by atoms with E-state index in [2.05, 4.69) is 50.1 Å². The van der Waals surface area contributed by atoms with Gasteiger partial charge in [0.05, 0.1) is 6.33 Å². The van der Waals surface area contributed by atoms with Gasteiger partial charge in [-0.15, -0.1) is 0 Å². The molecular weight excluding hydrogens is 376 g/mol. The monoisotopic (exact) mass is 400 g/mol. The highest BCUT2D eigenvalue weighted by Crippen LogP contribution is 2.26. The molecule has 0 saturated carbocycles. The third kappa shape index (κ3) is 3.45. The van der Waals surface area contributed by atoms with Crippen molar-refractivity contribution in [3.8, 4) is 11.4 Å². The van der Waals surface area contributed by atoms with Gasteiger partial charge in [0.1, 0.15) is 11.3 Å². The Labute approximate surface area is 174 Å². The molecule has 2 N–H and O–H groups in total. The largest absolute Gasteiger partial charge is 0.370 e. The number of anilines is 2. The van der Waals surface area contributed by atoms with E-state index in [1.165, 1.54) is 11.1 Å². The molecule has 0 aromatic carbocycles. The lowest BCUT2D eigenvalue weighted by Gasteiger charge is -2.11. The highest BCUT2D eigenvalue weighted by Gasteiger charge is 2.16. The van der Waals surface area contributed by atoms with Crippen LogP contribution in [-0.2, 0) is 12.8 Å². The van der Waals surface area contributed by atoms with Crippen molar-refractivity contribution in [1.29, 1.82) is 0 Å². The molecule has 0 fully saturated rings. The van der Waals surface area contributed by atoms with E-state index in [1.807, 2.05) is 24.7 Å². The number of pyridine rings is 2. The molecule has 8 nitrogen and oxygen atoms in total. The zero-order chi connectivity index (χ0) is 20.5. The summed E-state index contributed by atoms with van der Waals surface area (Å²) in [6, 6.07) is 6.36. The summed E-state index contributed by atoms with van der Waals surface area (Å²) >= 11 is 0. The predicted molar refractivity (Wildman–Crippen MR) is 118 cm³/mol. The van der Waals surface area contributed by atoms with Gasteiger partial charge in [0.2, 0.25) is 0 Å². The van der Waals surface area contributed by atoms with Crippen LogP contribution >= 0.6 is 0 Å². The fraction of sp³-hybridized carbons (Fsp3) is 0.318. The first-order valence-corrected chi connectivity index (χ1v) is 10.3. The minimum Gasteiger partial charge on any atom is -0.370 e. The van der Waals surface area contributed by atoms with E-state index in [-0.39, 0.29) is 6.04 Å². The van der Waals surface area contributed by atoms with Crippen LogP contribution in [0.25, 0.3) is 22.6 Å². The number of hydrogen-bond donors (Lipinski definition) is 2. The molecule has 1 aliphatic heterocycles. The zero-order valence-corrected chi connectivity index (χ0v) is 17.1. The lowest BCUT2D eigenvalue weighted by atomic mass is 10.1. The molecule has 0 atom stereocenters. The fourth-order valence-corrected chi connectivity index (χ4v) is 3.73. The maximum atomic E-state index is 4.79. The van der Waals surface area contributed by atoms with E-state index >= 15 is 0 Å². The summed E-state index contributed by atoms with van der Waals surface area (Å²) in [4.78, 5) is 22.9. The molecule has 30 heavy (non-hydrogen) atoms. The van der Waals surface area contributed by atoms with Gasteiger partial charge in [0.25, 0.3) is 0 Å². The van der Waals surface area contributed by atoms with Crippen molar-refractivity contribution >= 4 is 22.8 Å². The smallest absolute Gasteiger partial charge is 0.166 e. The van der Waals surface area contributed by atoms with Gasteiger partial charge in [-0.3, -0.25) is 4.98 Å². The third-order valence-electron chi connectivity index (χ3n) is 5.31. The average molecular weight is 400 g/mol. The van der Waals surface area contributed by atoms with E-state index < -0.39 is 0 Å². The maximum absolute atomic E-state index is 4.79. The molecule has 5 rings (SSSR count). The SMILES string of the molecule is CC(C)n1cnc2c(NCCc3cnc4c(c3)CCN4)nc(-c3cccnc3)nc21. The van der Waals surface area contributed by atoms with Crippen molar-refractivity contribution < 1.29 is 0 Å². The average Bonchev–Trinajstić information content (AvgIpc) is 3.41. The Bertz CT molecular complexity index is 1180. The van der Waals surface area contributed by atoms with Gasteiger partial charge < -0.3 is 15.2 Å². The summed E-state index contributed by atoms with van der Waals surface area (Å²) < 4.78 is 2.07. The number of nitrogens with one attached hydrogen (secondary N) is 2. The molecular formula is C22H24N8. The first kappa shape index (κ1) is 18.5. The lowest BCUT2D eigenvalue weighted by molar-refractivity contribution is 0.613. The third-order valence-corrected chi connectivity index (χ3v) is 5.31. The van der Waals surface area contributed by atoms with Crippen LogP contribution in [0.3, 0.4) is 0 Å². The second-order valence-corrected chi connectivity index (χ2v) is 7.76. The second-order valence-electron chi connectivity index (χ2n) is 7.76. The topological polar surface area (TPSA) is 93.4 Å². The second kappa shape index (κ2) is 7.70. The Morgan fingerprint density at radius 3 is 2.97 bits per heavy atom. The molecule has 4 aromatic rings. The summed E-state index contributed by atoms with van der Waals surface area (Å²) in [5.41, 5.74) is 5.01. The molecule has 4 aromatic heterocycles. The highest BCUT2D eigenvalue weighted by molar-refractivity contribution is 5.85. The summed E-state index contributed by atoms with van der Waals surface area (Å²) in [5.74, 6) is 2.41. The van der Waals surface area contributed by atoms with Gasteiger partial charge in [-0.2, -0.15) is 0 Å². The summed E-state index contributed by atoms with van der Waals surface area (Å²) in [6.07, 6.45) is 9.21. The highest BCUT2D eigenvalue weighted by atomic mass is 15.2. The maximum Gasteiger partial charge on any atom is 0.166 e. The summed E-state index contributed by atoms with van der Waals surface area (Å²) in [6.45, 7) is 5.95.